The maximum Gasteiger partial charge on any atom is 0.240 e. The fourth-order valence-corrected chi connectivity index (χ4v) is 2.58. The zero-order chi connectivity index (χ0) is 14.4. The number of hydrogen-bond donors (Lipinski definition) is 2. The van der Waals surface area contributed by atoms with Gasteiger partial charge in [0.05, 0.1) is 6.04 Å². The van der Waals surface area contributed by atoms with Gasteiger partial charge in [-0.3, -0.25) is 4.79 Å². The SMILES string of the molecule is NC(Cc1ccccc1)C(=O)N(CCCO)C1CCC1. The van der Waals surface area contributed by atoms with E-state index in [9.17, 15) is 4.79 Å². The van der Waals surface area contributed by atoms with Crippen molar-refractivity contribution in [2.24, 2.45) is 5.73 Å². The molecular weight excluding hydrogens is 252 g/mol. The number of amides is 1. The highest BCUT2D eigenvalue weighted by Gasteiger charge is 2.31. The van der Waals surface area contributed by atoms with Gasteiger partial charge < -0.3 is 15.7 Å². The van der Waals surface area contributed by atoms with E-state index in [0.29, 0.717) is 25.4 Å². The summed E-state index contributed by atoms with van der Waals surface area (Å²) >= 11 is 0. The van der Waals surface area contributed by atoms with Gasteiger partial charge in [-0.25, -0.2) is 0 Å². The van der Waals surface area contributed by atoms with Crippen molar-refractivity contribution in [1.29, 1.82) is 0 Å². The Labute approximate surface area is 120 Å². The Morgan fingerprint density at radius 2 is 2.05 bits per heavy atom. The molecule has 0 saturated heterocycles. The van der Waals surface area contributed by atoms with E-state index < -0.39 is 6.04 Å². The van der Waals surface area contributed by atoms with Crippen molar-refractivity contribution in [3.8, 4) is 0 Å². The molecule has 0 radical (unpaired) electrons. The Morgan fingerprint density at radius 1 is 1.35 bits per heavy atom. The van der Waals surface area contributed by atoms with Crippen LogP contribution in [0.3, 0.4) is 0 Å². The quantitative estimate of drug-likeness (QED) is 0.789. The van der Waals surface area contributed by atoms with Crippen molar-refractivity contribution in [1.82, 2.24) is 4.90 Å². The molecule has 1 aromatic rings. The summed E-state index contributed by atoms with van der Waals surface area (Å²) in [6.45, 7) is 0.729. The van der Waals surface area contributed by atoms with Gasteiger partial charge in [0.15, 0.2) is 0 Å². The molecule has 1 saturated carbocycles. The predicted molar refractivity (Wildman–Crippen MR) is 79.2 cm³/mol. The summed E-state index contributed by atoms with van der Waals surface area (Å²) in [5.74, 6) is 0.0204. The predicted octanol–water partition coefficient (Wildman–Crippen LogP) is 1.32. The van der Waals surface area contributed by atoms with E-state index in [2.05, 4.69) is 0 Å². The Kier molecular flexibility index (Phi) is 5.56. The molecule has 1 aliphatic rings. The van der Waals surface area contributed by atoms with Crippen molar-refractivity contribution in [3.63, 3.8) is 0 Å². The number of nitrogens with zero attached hydrogens (tertiary/aromatic N) is 1. The van der Waals surface area contributed by atoms with Gasteiger partial charge in [0, 0.05) is 19.2 Å². The average molecular weight is 276 g/mol. The number of carbonyl (C=O) groups is 1. The molecule has 0 bridgehead atoms. The maximum atomic E-state index is 12.5. The van der Waals surface area contributed by atoms with Gasteiger partial charge in [-0.15, -0.1) is 0 Å². The van der Waals surface area contributed by atoms with Crippen LogP contribution in [-0.2, 0) is 11.2 Å². The third kappa shape index (κ3) is 3.81. The zero-order valence-corrected chi connectivity index (χ0v) is 11.9. The molecule has 1 unspecified atom stereocenters. The second kappa shape index (κ2) is 7.41. The van der Waals surface area contributed by atoms with Crippen molar-refractivity contribution in [2.45, 2.75) is 44.2 Å². The first kappa shape index (κ1) is 15.0. The Balaban J connectivity index is 1.95. The molecule has 0 spiro atoms. The summed E-state index contributed by atoms with van der Waals surface area (Å²) in [5.41, 5.74) is 7.17. The van der Waals surface area contributed by atoms with E-state index in [4.69, 9.17) is 10.8 Å². The molecule has 1 atom stereocenters. The summed E-state index contributed by atoms with van der Waals surface area (Å²) < 4.78 is 0. The molecule has 0 heterocycles. The summed E-state index contributed by atoms with van der Waals surface area (Å²) in [7, 11) is 0. The third-order valence-electron chi connectivity index (χ3n) is 3.97. The van der Waals surface area contributed by atoms with Gasteiger partial charge in [-0.05, 0) is 37.7 Å². The second-order valence-electron chi connectivity index (χ2n) is 5.49. The summed E-state index contributed by atoms with van der Waals surface area (Å²) in [6, 6.07) is 9.71. The second-order valence-corrected chi connectivity index (χ2v) is 5.49. The first-order valence-electron chi connectivity index (χ1n) is 7.43. The third-order valence-corrected chi connectivity index (χ3v) is 3.97. The van der Waals surface area contributed by atoms with Crippen LogP contribution in [0.4, 0.5) is 0 Å². The van der Waals surface area contributed by atoms with Gasteiger partial charge >= 0.3 is 0 Å². The normalized spacial score (nSPS) is 16.5. The molecule has 3 N–H and O–H groups in total. The van der Waals surface area contributed by atoms with Crippen LogP contribution in [-0.4, -0.2) is 41.1 Å². The lowest BCUT2D eigenvalue weighted by atomic mass is 9.90. The Morgan fingerprint density at radius 3 is 2.60 bits per heavy atom. The van der Waals surface area contributed by atoms with E-state index in [1.54, 1.807) is 0 Å². The van der Waals surface area contributed by atoms with Crippen LogP contribution < -0.4 is 5.73 Å². The highest BCUT2D eigenvalue weighted by Crippen LogP contribution is 2.25. The zero-order valence-electron chi connectivity index (χ0n) is 11.9. The van der Waals surface area contributed by atoms with Gasteiger partial charge in [0.2, 0.25) is 5.91 Å². The lowest BCUT2D eigenvalue weighted by Crippen LogP contribution is -2.52. The first-order valence-corrected chi connectivity index (χ1v) is 7.43. The topological polar surface area (TPSA) is 66.6 Å². The molecule has 1 aromatic carbocycles. The molecule has 4 nitrogen and oxygen atoms in total. The Hall–Kier alpha value is -1.39. The standard InChI is InChI=1S/C16H24N2O2/c17-15(12-13-6-2-1-3-7-13)16(20)18(10-5-11-19)14-8-4-9-14/h1-3,6-7,14-15,19H,4-5,8-12,17H2. The lowest BCUT2D eigenvalue weighted by molar-refractivity contribution is -0.136. The molecule has 1 amide bonds. The summed E-state index contributed by atoms with van der Waals surface area (Å²) in [6.07, 6.45) is 4.51. The molecule has 1 aliphatic carbocycles. The number of benzene rings is 1. The molecule has 0 aliphatic heterocycles. The molecule has 4 heteroatoms. The van der Waals surface area contributed by atoms with Crippen molar-refractivity contribution >= 4 is 5.91 Å². The average Bonchev–Trinajstić information content (AvgIpc) is 2.41. The number of hydrogen-bond acceptors (Lipinski definition) is 3. The number of nitrogens with two attached hydrogens (primary N) is 1. The van der Waals surface area contributed by atoms with E-state index in [1.807, 2.05) is 35.2 Å². The molecular formula is C16H24N2O2. The minimum absolute atomic E-state index is 0.0204. The maximum absolute atomic E-state index is 12.5. The van der Waals surface area contributed by atoms with Crippen LogP contribution in [0.1, 0.15) is 31.2 Å². The molecule has 20 heavy (non-hydrogen) atoms. The lowest BCUT2D eigenvalue weighted by Gasteiger charge is -2.39. The fraction of sp³-hybridized carbons (Fsp3) is 0.562. The summed E-state index contributed by atoms with van der Waals surface area (Å²) in [4.78, 5) is 14.4. The highest BCUT2D eigenvalue weighted by atomic mass is 16.3. The number of aliphatic hydroxyl groups is 1. The fourth-order valence-electron chi connectivity index (χ4n) is 2.58. The number of carbonyl (C=O) groups excluding carboxylic acids is 1. The number of aliphatic hydroxyl groups excluding tert-OH is 1. The van der Waals surface area contributed by atoms with Crippen LogP contribution in [0.15, 0.2) is 30.3 Å². The van der Waals surface area contributed by atoms with E-state index in [-0.39, 0.29) is 12.5 Å². The van der Waals surface area contributed by atoms with Gasteiger partial charge in [-0.1, -0.05) is 30.3 Å². The Bertz CT molecular complexity index is 418. The molecule has 110 valence electrons. The van der Waals surface area contributed by atoms with Crippen LogP contribution in [0, 0.1) is 0 Å². The van der Waals surface area contributed by atoms with Crippen molar-refractivity contribution < 1.29 is 9.90 Å². The minimum Gasteiger partial charge on any atom is -0.396 e. The van der Waals surface area contributed by atoms with Crippen LogP contribution in [0.5, 0.6) is 0 Å². The monoisotopic (exact) mass is 276 g/mol. The first-order chi connectivity index (χ1) is 9.72. The van der Waals surface area contributed by atoms with Gasteiger partial charge in [0.25, 0.3) is 0 Å². The van der Waals surface area contributed by atoms with E-state index >= 15 is 0 Å². The molecule has 2 rings (SSSR count). The van der Waals surface area contributed by atoms with Crippen molar-refractivity contribution in [3.05, 3.63) is 35.9 Å². The molecule has 1 fully saturated rings. The highest BCUT2D eigenvalue weighted by molar-refractivity contribution is 5.82. The van der Waals surface area contributed by atoms with E-state index in [1.165, 1.54) is 6.42 Å². The minimum atomic E-state index is -0.489. The van der Waals surface area contributed by atoms with Crippen molar-refractivity contribution in [2.75, 3.05) is 13.2 Å². The van der Waals surface area contributed by atoms with Crippen LogP contribution >= 0.6 is 0 Å². The van der Waals surface area contributed by atoms with E-state index in [0.717, 1.165) is 18.4 Å². The largest absolute Gasteiger partial charge is 0.396 e. The number of rotatable bonds is 7. The van der Waals surface area contributed by atoms with Crippen LogP contribution in [0.25, 0.3) is 0 Å². The summed E-state index contributed by atoms with van der Waals surface area (Å²) in [5, 5.41) is 8.97. The van der Waals surface area contributed by atoms with Gasteiger partial charge in [-0.2, -0.15) is 0 Å². The van der Waals surface area contributed by atoms with Gasteiger partial charge in [0.1, 0.15) is 0 Å². The van der Waals surface area contributed by atoms with Crippen LogP contribution in [0.2, 0.25) is 0 Å². The molecule has 0 aromatic heterocycles. The smallest absolute Gasteiger partial charge is 0.240 e.